The van der Waals surface area contributed by atoms with Gasteiger partial charge in [0.1, 0.15) is 23.9 Å². The first kappa shape index (κ1) is 16.5. The number of rotatable bonds is 3. The zero-order valence-electron chi connectivity index (χ0n) is 10.6. The van der Waals surface area contributed by atoms with E-state index < -0.39 is 11.5 Å². The Hall–Kier alpha value is -2.53. The number of esters is 1. The monoisotopic (exact) mass is 364 g/mol. The molecule has 0 fully saturated rings. The van der Waals surface area contributed by atoms with Crippen molar-refractivity contribution in [3.05, 3.63) is 38.5 Å². The fourth-order valence-electron chi connectivity index (χ4n) is 1.38. The molecule has 0 bridgehead atoms. The van der Waals surface area contributed by atoms with Crippen molar-refractivity contribution in [1.29, 1.82) is 15.8 Å². The summed E-state index contributed by atoms with van der Waals surface area (Å²) in [6.07, 6.45) is 0. The van der Waals surface area contributed by atoms with Gasteiger partial charge in [0.05, 0.1) is 18.4 Å². The summed E-state index contributed by atoms with van der Waals surface area (Å²) in [5.74, 6) is -0.687. The van der Waals surface area contributed by atoms with E-state index in [1.807, 2.05) is 0 Å². The Morgan fingerprint density at radius 2 is 1.90 bits per heavy atom. The standard InChI is InChI=1S/C13H6BrClN4O2/c1-21-13(20)9-2-8(15)3-10(14)12(9)19-11(6-18)7(4-16)5-17/h2-3,19H,1H3. The summed E-state index contributed by atoms with van der Waals surface area (Å²) in [7, 11) is 1.19. The molecule has 0 aliphatic carbocycles. The summed E-state index contributed by atoms with van der Waals surface area (Å²) in [6.45, 7) is 0. The van der Waals surface area contributed by atoms with Crippen molar-refractivity contribution in [3.63, 3.8) is 0 Å². The van der Waals surface area contributed by atoms with Crippen LogP contribution in [0.15, 0.2) is 27.9 Å². The van der Waals surface area contributed by atoms with Crippen molar-refractivity contribution in [2.45, 2.75) is 0 Å². The van der Waals surface area contributed by atoms with Crippen LogP contribution in [0.5, 0.6) is 0 Å². The molecule has 0 aliphatic rings. The lowest BCUT2D eigenvalue weighted by Crippen LogP contribution is -2.09. The molecule has 0 unspecified atom stereocenters. The highest BCUT2D eigenvalue weighted by atomic mass is 79.9. The van der Waals surface area contributed by atoms with Crippen LogP contribution >= 0.6 is 27.5 Å². The molecule has 1 N–H and O–H groups in total. The minimum absolute atomic E-state index is 0.0554. The minimum Gasteiger partial charge on any atom is -0.465 e. The molecule has 0 radical (unpaired) electrons. The van der Waals surface area contributed by atoms with Gasteiger partial charge in [0.25, 0.3) is 0 Å². The molecule has 0 saturated carbocycles. The number of halogens is 2. The fraction of sp³-hybridized carbons (Fsp3) is 0.0769. The molecule has 1 aromatic carbocycles. The first-order valence-corrected chi connectivity index (χ1v) is 6.44. The third kappa shape index (κ3) is 3.73. The number of anilines is 1. The average Bonchev–Trinajstić information content (AvgIpc) is 2.48. The lowest BCUT2D eigenvalue weighted by molar-refractivity contribution is 0.0602. The Labute approximate surface area is 133 Å². The topological polar surface area (TPSA) is 110 Å². The summed E-state index contributed by atoms with van der Waals surface area (Å²) in [5, 5.41) is 29.5. The van der Waals surface area contributed by atoms with Crippen molar-refractivity contribution in [2.75, 3.05) is 12.4 Å². The lowest BCUT2D eigenvalue weighted by atomic mass is 10.1. The van der Waals surface area contributed by atoms with E-state index in [1.165, 1.54) is 19.2 Å². The van der Waals surface area contributed by atoms with Crippen LogP contribution in [0.2, 0.25) is 5.02 Å². The number of hydrogen-bond acceptors (Lipinski definition) is 6. The molecule has 6 nitrogen and oxygen atoms in total. The molecule has 0 heterocycles. The zero-order chi connectivity index (χ0) is 16.0. The molecule has 0 saturated heterocycles. The summed E-state index contributed by atoms with van der Waals surface area (Å²) in [4.78, 5) is 11.7. The highest BCUT2D eigenvalue weighted by molar-refractivity contribution is 9.10. The Morgan fingerprint density at radius 1 is 1.29 bits per heavy atom. The number of hydrogen-bond donors (Lipinski definition) is 1. The maximum atomic E-state index is 11.7. The van der Waals surface area contributed by atoms with Gasteiger partial charge in [-0.25, -0.2) is 4.79 Å². The first-order chi connectivity index (χ1) is 9.98. The van der Waals surface area contributed by atoms with Crippen LogP contribution in [-0.4, -0.2) is 13.1 Å². The predicted molar refractivity (Wildman–Crippen MR) is 78.0 cm³/mol. The fourth-order valence-corrected chi connectivity index (χ4v) is 2.29. The molecular weight excluding hydrogens is 360 g/mol. The largest absolute Gasteiger partial charge is 0.465 e. The number of carbonyl (C=O) groups excluding carboxylic acids is 1. The zero-order valence-corrected chi connectivity index (χ0v) is 12.9. The minimum atomic E-state index is -0.687. The van der Waals surface area contributed by atoms with Gasteiger partial charge < -0.3 is 10.1 Å². The molecule has 8 heteroatoms. The van der Waals surface area contributed by atoms with Crippen molar-refractivity contribution < 1.29 is 9.53 Å². The van der Waals surface area contributed by atoms with Crippen molar-refractivity contribution >= 4 is 39.2 Å². The number of carbonyl (C=O) groups is 1. The summed E-state index contributed by atoms with van der Waals surface area (Å²) in [5.41, 5.74) is -0.464. The van der Waals surface area contributed by atoms with Crippen LogP contribution in [0, 0.1) is 34.0 Å². The van der Waals surface area contributed by atoms with Crippen LogP contribution in [0.3, 0.4) is 0 Å². The predicted octanol–water partition coefficient (Wildman–Crippen LogP) is 3.13. The Balaban J connectivity index is 3.49. The van der Waals surface area contributed by atoms with Gasteiger partial charge in [-0.15, -0.1) is 0 Å². The molecule has 21 heavy (non-hydrogen) atoms. The maximum Gasteiger partial charge on any atom is 0.340 e. The third-order valence-corrected chi connectivity index (χ3v) is 3.14. The Bertz CT molecular complexity index is 737. The first-order valence-electron chi connectivity index (χ1n) is 5.27. The van der Waals surface area contributed by atoms with Crippen molar-refractivity contribution in [2.24, 2.45) is 0 Å². The number of nitrogens with one attached hydrogen (secondary N) is 1. The molecule has 0 spiro atoms. The molecule has 0 aliphatic heterocycles. The van der Waals surface area contributed by atoms with E-state index in [0.29, 0.717) is 4.47 Å². The number of ether oxygens (including phenoxy) is 1. The number of nitriles is 3. The molecule has 1 rings (SSSR count). The van der Waals surface area contributed by atoms with E-state index in [2.05, 4.69) is 26.0 Å². The highest BCUT2D eigenvalue weighted by Gasteiger charge is 2.18. The van der Waals surface area contributed by atoms with E-state index in [1.54, 1.807) is 18.2 Å². The maximum absolute atomic E-state index is 11.7. The SMILES string of the molecule is COC(=O)c1cc(Cl)cc(Br)c1NC(C#N)=C(C#N)C#N. The van der Waals surface area contributed by atoms with E-state index in [0.717, 1.165) is 0 Å². The van der Waals surface area contributed by atoms with Gasteiger partial charge in [0, 0.05) is 9.50 Å². The van der Waals surface area contributed by atoms with Gasteiger partial charge in [-0.05, 0) is 28.1 Å². The van der Waals surface area contributed by atoms with Crippen LogP contribution in [0.4, 0.5) is 5.69 Å². The number of nitrogens with zero attached hydrogens (tertiary/aromatic N) is 3. The second-order valence-corrected chi connectivity index (χ2v) is 4.80. The highest BCUT2D eigenvalue weighted by Crippen LogP contribution is 2.32. The van der Waals surface area contributed by atoms with Gasteiger partial charge >= 0.3 is 5.97 Å². The van der Waals surface area contributed by atoms with Crippen LogP contribution in [0.1, 0.15) is 10.4 Å². The van der Waals surface area contributed by atoms with Gasteiger partial charge in [0.15, 0.2) is 5.57 Å². The van der Waals surface area contributed by atoms with E-state index in [4.69, 9.17) is 27.4 Å². The second-order valence-electron chi connectivity index (χ2n) is 3.51. The average molecular weight is 366 g/mol. The summed E-state index contributed by atoms with van der Waals surface area (Å²) < 4.78 is 5.00. The quantitative estimate of drug-likeness (QED) is 0.651. The number of benzene rings is 1. The van der Waals surface area contributed by atoms with E-state index >= 15 is 0 Å². The summed E-state index contributed by atoms with van der Waals surface area (Å²) in [6, 6.07) is 7.71. The van der Waals surface area contributed by atoms with Crippen LogP contribution in [-0.2, 0) is 4.74 Å². The smallest absolute Gasteiger partial charge is 0.340 e. The van der Waals surface area contributed by atoms with E-state index in [9.17, 15) is 4.79 Å². The molecule has 0 amide bonds. The lowest BCUT2D eigenvalue weighted by Gasteiger charge is -2.12. The third-order valence-electron chi connectivity index (χ3n) is 2.30. The molecule has 0 aromatic heterocycles. The van der Waals surface area contributed by atoms with Gasteiger partial charge in [-0.2, -0.15) is 15.8 Å². The normalized spacial score (nSPS) is 8.76. The molecule has 104 valence electrons. The van der Waals surface area contributed by atoms with Gasteiger partial charge in [0.2, 0.25) is 0 Å². The second kappa shape index (κ2) is 7.31. The van der Waals surface area contributed by atoms with Crippen molar-refractivity contribution in [3.8, 4) is 18.2 Å². The Kier molecular flexibility index (Phi) is 5.75. The number of allylic oxidation sites excluding steroid dienone is 2. The Morgan fingerprint density at radius 3 is 2.38 bits per heavy atom. The van der Waals surface area contributed by atoms with Gasteiger partial charge in [-0.3, -0.25) is 0 Å². The molecular formula is C13H6BrClN4O2. The van der Waals surface area contributed by atoms with Crippen LogP contribution in [0.25, 0.3) is 0 Å². The van der Waals surface area contributed by atoms with Gasteiger partial charge in [-0.1, -0.05) is 11.6 Å². The molecule has 0 atom stereocenters. The van der Waals surface area contributed by atoms with E-state index in [-0.39, 0.29) is 22.0 Å². The number of methoxy groups -OCH3 is 1. The van der Waals surface area contributed by atoms with Crippen LogP contribution < -0.4 is 5.32 Å². The summed E-state index contributed by atoms with van der Waals surface area (Å²) >= 11 is 9.06. The molecule has 1 aromatic rings. The van der Waals surface area contributed by atoms with Crippen molar-refractivity contribution in [1.82, 2.24) is 0 Å².